The summed E-state index contributed by atoms with van der Waals surface area (Å²) in [6.45, 7) is 3.61. The maximum absolute atomic E-state index is 4.59. The Labute approximate surface area is 113 Å². The minimum absolute atomic E-state index is 0.745. The second-order valence-corrected chi connectivity index (χ2v) is 7.06. The van der Waals surface area contributed by atoms with Crippen molar-refractivity contribution in [3.63, 3.8) is 0 Å². The van der Waals surface area contributed by atoms with Crippen LogP contribution in [0.2, 0.25) is 0 Å². The van der Waals surface area contributed by atoms with Crippen molar-refractivity contribution in [2.45, 2.75) is 56.7 Å². The maximum atomic E-state index is 4.59. The number of nitrogens with zero attached hydrogens (tertiary/aromatic N) is 2. The Morgan fingerprint density at radius 2 is 2.00 bits per heavy atom. The van der Waals surface area contributed by atoms with Crippen LogP contribution in [0.1, 0.15) is 48.6 Å². The van der Waals surface area contributed by atoms with Gasteiger partial charge in [-0.2, -0.15) is 0 Å². The normalized spacial score (nSPS) is 32.7. The zero-order valence-corrected chi connectivity index (χ0v) is 11.6. The van der Waals surface area contributed by atoms with E-state index in [0.29, 0.717) is 0 Å². The van der Waals surface area contributed by atoms with E-state index in [1.807, 2.05) is 16.8 Å². The summed E-state index contributed by atoms with van der Waals surface area (Å²) in [5.74, 6) is 0.800. The summed E-state index contributed by atoms with van der Waals surface area (Å²) < 4.78 is 0. The third kappa shape index (κ3) is 2.22. The van der Waals surface area contributed by atoms with Gasteiger partial charge in [-0.15, -0.1) is 11.3 Å². The van der Waals surface area contributed by atoms with Gasteiger partial charge in [0.25, 0.3) is 0 Å². The van der Waals surface area contributed by atoms with Gasteiger partial charge in [-0.25, -0.2) is 4.98 Å². The lowest BCUT2D eigenvalue weighted by Gasteiger charge is -2.42. The molecule has 18 heavy (non-hydrogen) atoms. The van der Waals surface area contributed by atoms with E-state index >= 15 is 0 Å². The zero-order chi connectivity index (χ0) is 11.9. The van der Waals surface area contributed by atoms with E-state index < -0.39 is 0 Å². The summed E-state index contributed by atoms with van der Waals surface area (Å²) in [6, 6.07) is 1.49. The molecule has 1 aromatic rings. The molecular weight excluding hydrogens is 242 g/mol. The first-order valence-electron chi connectivity index (χ1n) is 7.29. The van der Waals surface area contributed by atoms with Crippen molar-refractivity contribution < 1.29 is 0 Å². The third-order valence-corrected chi connectivity index (χ3v) is 5.37. The molecule has 2 atom stereocenters. The van der Waals surface area contributed by atoms with Gasteiger partial charge in [0.15, 0.2) is 0 Å². The highest BCUT2D eigenvalue weighted by atomic mass is 32.1. The van der Waals surface area contributed by atoms with E-state index in [4.69, 9.17) is 0 Å². The molecule has 3 nitrogen and oxygen atoms in total. The number of aromatic nitrogens is 1. The number of hydrogen-bond donors (Lipinski definition) is 1. The minimum atomic E-state index is 0.745. The molecule has 0 radical (unpaired) electrons. The molecule has 2 aliphatic heterocycles. The number of hydrogen-bond acceptors (Lipinski definition) is 4. The number of thiazole rings is 1. The van der Waals surface area contributed by atoms with Crippen LogP contribution in [-0.4, -0.2) is 35.1 Å². The minimum Gasteiger partial charge on any atom is -0.309 e. The predicted molar refractivity (Wildman–Crippen MR) is 73.9 cm³/mol. The van der Waals surface area contributed by atoms with E-state index in [0.717, 1.165) is 24.5 Å². The van der Waals surface area contributed by atoms with Gasteiger partial charge < -0.3 is 5.32 Å². The quantitative estimate of drug-likeness (QED) is 0.907. The highest BCUT2D eigenvalue weighted by molar-refractivity contribution is 7.09. The molecule has 1 aromatic heterocycles. The SMILES string of the molecule is c1nc(C2CC2)c(CN2CC3CCCC(C2)N3)s1. The standard InChI is InChI=1S/C14H21N3S/c1-2-11-6-17(7-12(3-1)16-11)8-13-14(10-4-5-10)15-9-18-13/h9-12,16H,1-8H2. The van der Waals surface area contributed by atoms with E-state index in [-0.39, 0.29) is 0 Å². The van der Waals surface area contributed by atoms with Gasteiger partial charge in [-0.1, -0.05) is 6.42 Å². The summed E-state index contributed by atoms with van der Waals surface area (Å²) in [7, 11) is 0. The van der Waals surface area contributed by atoms with Crippen LogP contribution in [0.15, 0.2) is 5.51 Å². The molecule has 3 heterocycles. The molecule has 2 unspecified atom stereocenters. The average molecular weight is 263 g/mol. The largest absolute Gasteiger partial charge is 0.309 e. The first-order chi connectivity index (χ1) is 8.88. The van der Waals surface area contributed by atoms with Crippen LogP contribution in [0.3, 0.4) is 0 Å². The number of rotatable bonds is 3. The number of likely N-dealkylation sites (tertiary alicyclic amines) is 1. The first-order valence-corrected chi connectivity index (χ1v) is 8.17. The highest BCUT2D eigenvalue weighted by Crippen LogP contribution is 2.42. The summed E-state index contributed by atoms with van der Waals surface area (Å²) in [5, 5.41) is 3.76. The van der Waals surface area contributed by atoms with Crippen molar-refractivity contribution in [2.75, 3.05) is 13.1 Å². The van der Waals surface area contributed by atoms with Crippen molar-refractivity contribution in [3.05, 3.63) is 16.1 Å². The van der Waals surface area contributed by atoms with Crippen molar-refractivity contribution in [1.29, 1.82) is 0 Å². The van der Waals surface area contributed by atoms with Crippen LogP contribution in [0.25, 0.3) is 0 Å². The lowest BCUT2D eigenvalue weighted by atomic mass is 9.94. The molecule has 0 amide bonds. The summed E-state index contributed by atoms with van der Waals surface area (Å²) in [5.41, 5.74) is 3.47. The summed E-state index contributed by atoms with van der Waals surface area (Å²) in [4.78, 5) is 8.79. The molecule has 1 saturated carbocycles. The summed E-state index contributed by atoms with van der Waals surface area (Å²) >= 11 is 1.87. The Balaban J connectivity index is 1.46. The molecule has 0 spiro atoms. The molecule has 3 fully saturated rings. The number of piperazine rings is 1. The van der Waals surface area contributed by atoms with Crippen LogP contribution in [-0.2, 0) is 6.54 Å². The van der Waals surface area contributed by atoms with Crippen molar-refractivity contribution in [1.82, 2.24) is 15.2 Å². The molecule has 0 aromatic carbocycles. The van der Waals surface area contributed by atoms with Crippen LogP contribution in [0.5, 0.6) is 0 Å². The average Bonchev–Trinajstić information content (AvgIpc) is 3.10. The fraction of sp³-hybridized carbons (Fsp3) is 0.786. The number of fused-ring (bicyclic) bond motifs is 2. The first kappa shape index (κ1) is 11.4. The van der Waals surface area contributed by atoms with Crippen molar-refractivity contribution >= 4 is 11.3 Å². The number of piperidine rings is 1. The van der Waals surface area contributed by atoms with Crippen LogP contribution in [0, 0.1) is 0 Å². The molecule has 2 bridgehead atoms. The zero-order valence-electron chi connectivity index (χ0n) is 10.8. The number of nitrogens with one attached hydrogen (secondary N) is 1. The van der Waals surface area contributed by atoms with E-state index in [2.05, 4.69) is 15.2 Å². The Kier molecular flexibility index (Phi) is 2.90. The fourth-order valence-corrected chi connectivity index (χ4v) is 4.41. The van der Waals surface area contributed by atoms with Crippen molar-refractivity contribution in [3.8, 4) is 0 Å². The Morgan fingerprint density at radius 3 is 2.72 bits per heavy atom. The second-order valence-electron chi connectivity index (χ2n) is 6.12. The maximum Gasteiger partial charge on any atom is 0.0798 e. The van der Waals surface area contributed by atoms with Gasteiger partial charge in [0, 0.05) is 42.5 Å². The van der Waals surface area contributed by atoms with Gasteiger partial charge in [0.05, 0.1) is 11.2 Å². The monoisotopic (exact) mass is 263 g/mol. The van der Waals surface area contributed by atoms with Crippen molar-refractivity contribution in [2.24, 2.45) is 0 Å². The molecule has 3 aliphatic rings. The molecule has 1 N–H and O–H groups in total. The smallest absolute Gasteiger partial charge is 0.0798 e. The fourth-order valence-electron chi connectivity index (χ4n) is 3.52. The Morgan fingerprint density at radius 1 is 1.22 bits per heavy atom. The van der Waals surface area contributed by atoms with Gasteiger partial charge in [0.2, 0.25) is 0 Å². The molecule has 4 heteroatoms. The Bertz CT molecular complexity index is 414. The van der Waals surface area contributed by atoms with Crippen LogP contribution in [0.4, 0.5) is 0 Å². The molecular formula is C14H21N3S. The second kappa shape index (κ2) is 4.58. The van der Waals surface area contributed by atoms with Gasteiger partial charge >= 0.3 is 0 Å². The lowest BCUT2D eigenvalue weighted by molar-refractivity contribution is 0.120. The molecule has 98 valence electrons. The Hall–Kier alpha value is -0.450. The highest BCUT2D eigenvalue weighted by Gasteiger charge is 2.32. The molecule has 1 aliphatic carbocycles. The molecule has 4 rings (SSSR count). The summed E-state index contributed by atoms with van der Waals surface area (Å²) in [6.07, 6.45) is 6.88. The predicted octanol–water partition coefficient (Wildman–Crippen LogP) is 2.35. The van der Waals surface area contributed by atoms with E-state index in [9.17, 15) is 0 Å². The topological polar surface area (TPSA) is 28.2 Å². The molecule has 2 saturated heterocycles. The van der Waals surface area contributed by atoms with Crippen LogP contribution >= 0.6 is 11.3 Å². The van der Waals surface area contributed by atoms with E-state index in [1.165, 1.54) is 55.8 Å². The van der Waals surface area contributed by atoms with E-state index in [1.54, 1.807) is 0 Å². The lowest BCUT2D eigenvalue weighted by Crippen LogP contribution is -2.58. The van der Waals surface area contributed by atoms with Crippen LogP contribution < -0.4 is 5.32 Å². The third-order valence-electron chi connectivity index (χ3n) is 4.54. The van der Waals surface area contributed by atoms with Gasteiger partial charge in [-0.05, 0) is 25.7 Å². The van der Waals surface area contributed by atoms with Gasteiger partial charge in [-0.3, -0.25) is 4.90 Å². The van der Waals surface area contributed by atoms with Gasteiger partial charge in [0.1, 0.15) is 0 Å².